The number of hydrogen-bond acceptors (Lipinski definition) is 5. The van der Waals surface area contributed by atoms with Crippen LogP contribution in [0.3, 0.4) is 0 Å². The Balaban J connectivity index is 1.94. The fourth-order valence-corrected chi connectivity index (χ4v) is 2.90. The fraction of sp³-hybridized carbons (Fsp3) is 0.474. The van der Waals surface area contributed by atoms with Crippen molar-refractivity contribution in [3.05, 3.63) is 35.0 Å². The summed E-state index contributed by atoms with van der Waals surface area (Å²) >= 11 is 0. The van der Waals surface area contributed by atoms with Crippen LogP contribution in [0.4, 0.5) is 0 Å². The van der Waals surface area contributed by atoms with Crippen LogP contribution in [0.2, 0.25) is 0 Å². The number of hydrogen-bond donors (Lipinski definition) is 2. The van der Waals surface area contributed by atoms with Gasteiger partial charge in [0, 0.05) is 13.6 Å². The van der Waals surface area contributed by atoms with E-state index >= 15 is 0 Å². The molecule has 0 saturated heterocycles. The topological polar surface area (TPSA) is 95.9 Å². The van der Waals surface area contributed by atoms with Crippen LogP contribution in [0.15, 0.2) is 23.2 Å². The number of nitrogens with two attached hydrogens (primary N) is 1. The van der Waals surface area contributed by atoms with E-state index in [9.17, 15) is 0 Å². The monoisotopic (exact) mass is 375 g/mol. The van der Waals surface area contributed by atoms with Crippen LogP contribution in [-0.4, -0.2) is 43.6 Å². The molecule has 1 aromatic heterocycles. The van der Waals surface area contributed by atoms with Gasteiger partial charge in [-0.2, -0.15) is 5.10 Å². The molecule has 1 aromatic carbocycles. The van der Waals surface area contributed by atoms with Crippen molar-refractivity contribution in [1.29, 1.82) is 0 Å². The summed E-state index contributed by atoms with van der Waals surface area (Å²) in [5.41, 5.74) is 9.06. The zero-order valence-corrected chi connectivity index (χ0v) is 16.7. The quantitative estimate of drug-likeness (QED) is 0.511. The molecule has 0 amide bonds. The first-order valence-corrected chi connectivity index (χ1v) is 8.87. The second-order valence-electron chi connectivity index (χ2n) is 5.98. The Morgan fingerprint density at radius 3 is 2.56 bits per heavy atom. The summed E-state index contributed by atoms with van der Waals surface area (Å²) in [5, 5.41) is 7.59. The first-order chi connectivity index (χ1) is 13.0. The number of methoxy groups -OCH3 is 3. The minimum Gasteiger partial charge on any atom is -0.493 e. The van der Waals surface area contributed by atoms with E-state index in [2.05, 4.69) is 22.3 Å². The van der Waals surface area contributed by atoms with Gasteiger partial charge in [-0.05, 0) is 30.5 Å². The number of aliphatic imine (C=N–C) groups is 1. The Bertz CT molecular complexity index is 786. The zero-order valence-electron chi connectivity index (χ0n) is 16.7. The third-order valence-electron chi connectivity index (χ3n) is 4.27. The number of nitrogens with zero attached hydrogens (tertiary/aromatic N) is 3. The Kier molecular flexibility index (Phi) is 7.34. The van der Waals surface area contributed by atoms with Gasteiger partial charge in [0.05, 0.1) is 39.1 Å². The van der Waals surface area contributed by atoms with Crippen LogP contribution in [0.1, 0.15) is 23.7 Å². The van der Waals surface area contributed by atoms with Crippen molar-refractivity contribution in [2.45, 2.75) is 26.3 Å². The molecular weight excluding hydrogens is 346 g/mol. The average molecular weight is 375 g/mol. The van der Waals surface area contributed by atoms with Gasteiger partial charge in [0.15, 0.2) is 17.5 Å². The van der Waals surface area contributed by atoms with Crippen LogP contribution >= 0.6 is 0 Å². The van der Waals surface area contributed by atoms with Gasteiger partial charge < -0.3 is 25.3 Å². The summed E-state index contributed by atoms with van der Waals surface area (Å²) in [4.78, 5) is 4.42. The third-order valence-corrected chi connectivity index (χ3v) is 4.27. The van der Waals surface area contributed by atoms with Crippen LogP contribution in [-0.2, 0) is 26.4 Å². The van der Waals surface area contributed by atoms with Gasteiger partial charge in [-0.15, -0.1) is 0 Å². The lowest BCUT2D eigenvalue weighted by Crippen LogP contribution is -2.33. The normalized spacial score (nSPS) is 11.4. The molecule has 2 rings (SSSR count). The van der Waals surface area contributed by atoms with Gasteiger partial charge in [0.1, 0.15) is 0 Å². The highest BCUT2D eigenvalue weighted by molar-refractivity contribution is 5.77. The maximum Gasteiger partial charge on any atom is 0.216 e. The molecule has 8 nitrogen and oxygen atoms in total. The molecule has 0 aliphatic rings. The molecular formula is C19H29N5O3. The summed E-state index contributed by atoms with van der Waals surface area (Å²) in [6.45, 7) is 3.14. The van der Waals surface area contributed by atoms with Crippen LogP contribution in [0.25, 0.3) is 0 Å². The molecule has 0 fully saturated rings. The Morgan fingerprint density at radius 1 is 1.19 bits per heavy atom. The highest BCUT2D eigenvalue weighted by atomic mass is 16.5. The molecule has 2 aromatic rings. The number of benzene rings is 1. The largest absolute Gasteiger partial charge is 0.493 e. The van der Waals surface area contributed by atoms with E-state index in [-0.39, 0.29) is 0 Å². The van der Waals surface area contributed by atoms with Crippen molar-refractivity contribution in [1.82, 2.24) is 15.1 Å². The van der Waals surface area contributed by atoms with Gasteiger partial charge >= 0.3 is 0 Å². The number of rotatable bonds is 9. The molecule has 0 atom stereocenters. The van der Waals surface area contributed by atoms with Gasteiger partial charge in [-0.3, -0.25) is 0 Å². The second kappa shape index (κ2) is 9.70. The van der Waals surface area contributed by atoms with E-state index in [1.54, 1.807) is 26.0 Å². The highest BCUT2D eigenvalue weighted by Gasteiger charge is 2.15. The van der Waals surface area contributed by atoms with Gasteiger partial charge in [-0.25, -0.2) is 9.67 Å². The maximum absolute atomic E-state index is 6.00. The van der Waals surface area contributed by atoms with Crippen molar-refractivity contribution in [2.24, 2.45) is 17.8 Å². The fourth-order valence-electron chi connectivity index (χ4n) is 2.90. The molecule has 1 heterocycles. The average Bonchev–Trinajstić information content (AvgIpc) is 3.00. The summed E-state index contributed by atoms with van der Waals surface area (Å²) in [6.07, 6.45) is 1.60. The van der Waals surface area contributed by atoms with E-state index in [1.807, 2.05) is 25.2 Å². The smallest absolute Gasteiger partial charge is 0.216 e. The maximum atomic E-state index is 6.00. The molecule has 3 N–H and O–H groups in total. The van der Waals surface area contributed by atoms with E-state index in [1.165, 1.54) is 0 Å². The summed E-state index contributed by atoms with van der Waals surface area (Å²) in [5.74, 6) is 2.54. The molecule has 0 aliphatic heterocycles. The number of ether oxygens (including phenoxy) is 3. The third kappa shape index (κ3) is 5.06. The Hall–Kier alpha value is -2.90. The molecule has 0 saturated carbocycles. The molecule has 148 valence electrons. The summed E-state index contributed by atoms with van der Waals surface area (Å²) in [7, 11) is 6.74. The van der Waals surface area contributed by atoms with Crippen molar-refractivity contribution in [2.75, 3.05) is 27.9 Å². The first-order valence-electron chi connectivity index (χ1n) is 8.87. The molecule has 0 unspecified atom stereocenters. The van der Waals surface area contributed by atoms with E-state index in [4.69, 9.17) is 19.9 Å². The second-order valence-corrected chi connectivity index (χ2v) is 5.98. The lowest BCUT2D eigenvalue weighted by molar-refractivity contribution is 0.354. The molecule has 8 heteroatoms. The van der Waals surface area contributed by atoms with E-state index in [0.29, 0.717) is 36.4 Å². The summed E-state index contributed by atoms with van der Waals surface area (Å²) < 4.78 is 17.7. The highest BCUT2D eigenvalue weighted by Crippen LogP contribution is 2.27. The number of aryl methyl sites for hydroxylation is 2. The van der Waals surface area contributed by atoms with Crippen LogP contribution in [0.5, 0.6) is 17.4 Å². The molecule has 0 spiro atoms. The molecule has 0 bridgehead atoms. The first kappa shape index (κ1) is 20.4. The number of guanidine groups is 1. The van der Waals surface area contributed by atoms with Crippen molar-refractivity contribution >= 4 is 5.96 Å². The predicted octanol–water partition coefficient (Wildman–Crippen LogP) is 1.66. The van der Waals surface area contributed by atoms with E-state index < -0.39 is 0 Å². The zero-order chi connectivity index (χ0) is 19.8. The number of aromatic nitrogens is 2. The minimum absolute atomic E-state index is 0.392. The Labute approximate surface area is 160 Å². The molecule has 0 radical (unpaired) electrons. The van der Waals surface area contributed by atoms with E-state index in [0.717, 1.165) is 29.7 Å². The SMILES string of the molecule is CCc1nn(C)c(OC)c1CN=C(N)NCCc1ccc(OC)c(OC)c1. The Morgan fingerprint density at radius 2 is 1.93 bits per heavy atom. The van der Waals surface area contributed by atoms with Crippen molar-refractivity contribution in [3.63, 3.8) is 0 Å². The lowest BCUT2D eigenvalue weighted by atomic mass is 10.1. The lowest BCUT2D eigenvalue weighted by Gasteiger charge is -2.10. The van der Waals surface area contributed by atoms with Gasteiger partial charge in [0.25, 0.3) is 0 Å². The van der Waals surface area contributed by atoms with Crippen molar-refractivity contribution in [3.8, 4) is 17.4 Å². The molecule has 0 aliphatic carbocycles. The predicted molar refractivity (Wildman–Crippen MR) is 106 cm³/mol. The minimum atomic E-state index is 0.392. The van der Waals surface area contributed by atoms with Crippen LogP contribution in [0, 0.1) is 0 Å². The van der Waals surface area contributed by atoms with Gasteiger partial charge in [-0.1, -0.05) is 13.0 Å². The van der Waals surface area contributed by atoms with Crippen molar-refractivity contribution < 1.29 is 14.2 Å². The summed E-state index contributed by atoms with van der Waals surface area (Å²) in [6, 6.07) is 5.86. The number of nitrogens with one attached hydrogen (secondary N) is 1. The standard InChI is InChI=1S/C19H29N5O3/c1-6-15-14(18(27-5)24(2)23-15)12-22-19(20)21-10-9-13-7-8-16(25-3)17(11-13)26-4/h7-8,11H,6,9-10,12H2,1-5H3,(H3,20,21,22). The molecule has 27 heavy (non-hydrogen) atoms. The van der Waals surface area contributed by atoms with Gasteiger partial charge in [0.2, 0.25) is 5.88 Å². The van der Waals surface area contributed by atoms with Crippen LogP contribution < -0.4 is 25.3 Å².